The summed E-state index contributed by atoms with van der Waals surface area (Å²) in [4.78, 5) is 27.5. The molecule has 4 heteroatoms. The van der Waals surface area contributed by atoms with Crippen molar-refractivity contribution in [3.05, 3.63) is 71.3 Å². The van der Waals surface area contributed by atoms with Gasteiger partial charge in [-0.2, -0.15) is 0 Å². The van der Waals surface area contributed by atoms with Gasteiger partial charge in [0.1, 0.15) is 6.04 Å². The lowest BCUT2D eigenvalue weighted by Crippen LogP contribution is -2.49. The van der Waals surface area contributed by atoms with Crippen molar-refractivity contribution in [2.45, 2.75) is 52.6 Å². The van der Waals surface area contributed by atoms with Crippen molar-refractivity contribution in [2.24, 2.45) is 0 Å². The second kappa shape index (κ2) is 10.5. The van der Waals surface area contributed by atoms with Crippen molar-refractivity contribution in [3.63, 3.8) is 0 Å². The van der Waals surface area contributed by atoms with Gasteiger partial charge in [0.05, 0.1) is 6.42 Å². The van der Waals surface area contributed by atoms with Crippen LogP contribution in [0.3, 0.4) is 0 Å². The lowest BCUT2D eigenvalue weighted by Gasteiger charge is -2.31. The first kappa shape index (κ1) is 20.7. The third kappa shape index (κ3) is 6.24. The molecule has 1 atom stereocenters. The molecule has 0 aliphatic rings. The molecule has 0 aromatic heterocycles. The normalized spacial score (nSPS) is 11.7. The fourth-order valence-corrected chi connectivity index (χ4v) is 3.16. The van der Waals surface area contributed by atoms with Crippen LogP contribution in [0.4, 0.5) is 0 Å². The standard InChI is InChI=1S/C23H30N2O2/c1-4-14-24-23(27)21(5-2)25(17-20-13-9-10-18(3)15-20)22(26)16-19-11-7-6-8-12-19/h6-13,15,21H,4-5,14,16-17H2,1-3H3,(H,24,27)/t21-/m0/s1. The van der Waals surface area contributed by atoms with Crippen molar-refractivity contribution in [3.8, 4) is 0 Å². The Morgan fingerprint density at radius 3 is 2.33 bits per heavy atom. The molecule has 0 fully saturated rings. The van der Waals surface area contributed by atoms with Crippen LogP contribution < -0.4 is 5.32 Å². The first-order chi connectivity index (χ1) is 13.0. The van der Waals surface area contributed by atoms with Gasteiger partial charge in [0.15, 0.2) is 0 Å². The fourth-order valence-electron chi connectivity index (χ4n) is 3.16. The number of nitrogens with zero attached hydrogens (tertiary/aromatic N) is 1. The molecule has 27 heavy (non-hydrogen) atoms. The van der Waals surface area contributed by atoms with Gasteiger partial charge in [-0.05, 0) is 30.9 Å². The molecule has 1 N–H and O–H groups in total. The lowest BCUT2D eigenvalue weighted by molar-refractivity contribution is -0.140. The van der Waals surface area contributed by atoms with E-state index in [0.29, 0.717) is 25.9 Å². The summed E-state index contributed by atoms with van der Waals surface area (Å²) in [7, 11) is 0. The summed E-state index contributed by atoms with van der Waals surface area (Å²) in [5, 5.41) is 2.95. The van der Waals surface area contributed by atoms with Gasteiger partial charge in [-0.25, -0.2) is 0 Å². The molecule has 4 nitrogen and oxygen atoms in total. The van der Waals surface area contributed by atoms with Crippen LogP contribution in [-0.2, 0) is 22.6 Å². The summed E-state index contributed by atoms with van der Waals surface area (Å²) in [6.45, 7) is 7.07. The van der Waals surface area contributed by atoms with Gasteiger partial charge in [0.2, 0.25) is 11.8 Å². The minimum absolute atomic E-state index is 0.0267. The van der Waals surface area contributed by atoms with Gasteiger partial charge in [0, 0.05) is 13.1 Å². The van der Waals surface area contributed by atoms with Crippen LogP contribution in [0.15, 0.2) is 54.6 Å². The highest BCUT2D eigenvalue weighted by Gasteiger charge is 2.28. The zero-order valence-electron chi connectivity index (χ0n) is 16.6. The number of hydrogen-bond acceptors (Lipinski definition) is 2. The molecule has 0 unspecified atom stereocenters. The van der Waals surface area contributed by atoms with Crippen LogP contribution >= 0.6 is 0 Å². The lowest BCUT2D eigenvalue weighted by atomic mass is 10.1. The van der Waals surface area contributed by atoms with Crippen LogP contribution in [0.1, 0.15) is 43.4 Å². The van der Waals surface area contributed by atoms with E-state index in [9.17, 15) is 9.59 Å². The SMILES string of the molecule is CCCNC(=O)[C@H](CC)N(Cc1cccc(C)c1)C(=O)Cc1ccccc1. The van der Waals surface area contributed by atoms with E-state index in [0.717, 1.165) is 23.1 Å². The van der Waals surface area contributed by atoms with Gasteiger partial charge in [0.25, 0.3) is 0 Å². The predicted octanol–water partition coefficient (Wildman–Crippen LogP) is 3.87. The Labute approximate surface area is 162 Å². The first-order valence-corrected chi connectivity index (χ1v) is 9.71. The van der Waals surface area contributed by atoms with Gasteiger partial charge < -0.3 is 10.2 Å². The minimum Gasteiger partial charge on any atom is -0.354 e. The third-order valence-electron chi connectivity index (χ3n) is 4.57. The van der Waals surface area contributed by atoms with Crippen molar-refractivity contribution in [1.29, 1.82) is 0 Å². The molecule has 0 spiro atoms. The molecule has 2 aromatic rings. The first-order valence-electron chi connectivity index (χ1n) is 9.71. The average Bonchev–Trinajstić information content (AvgIpc) is 2.67. The number of amides is 2. The van der Waals surface area contributed by atoms with E-state index in [1.54, 1.807) is 4.90 Å². The second-order valence-electron chi connectivity index (χ2n) is 6.89. The number of benzene rings is 2. The third-order valence-corrected chi connectivity index (χ3v) is 4.57. The van der Waals surface area contributed by atoms with E-state index in [1.165, 1.54) is 0 Å². The molecule has 0 bridgehead atoms. The van der Waals surface area contributed by atoms with Crippen LogP contribution in [-0.4, -0.2) is 29.3 Å². The smallest absolute Gasteiger partial charge is 0.242 e. The maximum Gasteiger partial charge on any atom is 0.242 e. The molecule has 0 heterocycles. The van der Waals surface area contributed by atoms with Gasteiger partial charge in [-0.3, -0.25) is 9.59 Å². The summed E-state index contributed by atoms with van der Waals surface area (Å²) < 4.78 is 0. The molecule has 0 saturated heterocycles. The Morgan fingerprint density at radius 1 is 1.00 bits per heavy atom. The van der Waals surface area contributed by atoms with Crippen molar-refractivity contribution >= 4 is 11.8 Å². The van der Waals surface area contributed by atoms with E-state index in [2.05, 4.69) is 11.4 Å². The highest BCUT2D eigenvalue weighted by atomic mass is 16.2. The van der Waals surface area contributed by atoms with E-state index >= 15 is 0 Å². The highest BCUT2D eigenvalue weighted by Crippen LogP contribution is 2.15. The summed E-state index contributed by atoms with van der Waals surface area (Å²) in [5.74, 6) is -0.102. The topological polar surface area (TPSA) is 49.4 Å². The summed E-state index contributed by atoms with van der Waals surface area (Å²) in [6.07, 6.45) is 1.75. The van der Waals surface area contributed by atoms with E-state index in [-0.39, 0.29) is 11.8 Å². The van der Waals surface area contributed by atoms with Crippen LogP contribution in [0.25, 0.3) is 0 Å². The number of rotatable bonds is 9. The van der Waals surface area contributed by atoms with Crippen molar-refractivity contribution in [2.75, 3.05) is 6.54 Å². The molecule has 144 valence electrons. The van der Waals surface area contributed by atoms with E-state index in [1.807, 2.05) is 69.3 Å². The predicted molar refractivity (Wildman–Crippen MR) is 109 cm³/mol. The Balaban J connectivity index is 2.25. The van der Waals surface area contributed by atoms with Crippen LogP contribution in [0.2, 0.25) is 0 Å². The summed E-state index contributed by atoms with van der Waals surface area (Å²) in [6, 6.07) is 17.3. The zero-order valence-corrected chi connectivity index (χ0v) is 16.6. The summed E-state index contributed by atoms with van der Waals surface area (Å²) in [5.41, 5.74) is 3.14. The molecule has 2 aromatic carbocycles. The molecule has 0 aliphatic heterocycles. The average molecular weight is 367 g/mol. The molecule has 0 saturated carbocycles. The van der Waals surface area contributed by atoms with Crippen molar-refractivity contribution in [1.82, 2.24) is 10.2 Å². The molecule has 0 radical (unpaired) electrons. The number of carbonyl (C=O) groups excluding carboxylic acids is 2. The Kier molecular flexibility index (Phi) is 8.05. The van der Waals surface area contributed by atoms with Gasteiger partial charge in [-0.15, -0.1) is 0 Å². The number of carbonyl (C=O) groups is 2. The molecule has 0 aliphatic carbocycles. The second-order valence-corrected chi connectivity index (χ2v) is 6.89. The van der Waals surface area contributed by atoms with Gasteiger partial charge in [-0.1, -0.05) is 74.0 Å². The number of hydrogen-bond donors (Lipinski definition) is 1. The highest BCUT2D eigenvalue weighted by molar-refractivity contribution is 5.88. The molecule has 2 rings (SSSR count). The van der Waals surface area contributed by atoms with E-state index < -0.39 is 6.04 Å². The van der Waals surface area contributed by atoms with Gasteiger partial charge >= 0.3 is 0 Å². The molecule has 2 amide bonds. The Hall–Kier alpha value is -2.62. The zero-order chi connectivity index (χ0) is 19.6. The van der Waals surface area contributed by atoms with Crippen LogP contribution in [0.5, 0.6) is 0 Å². The molecular weight excluding hydrogens is 336 g/mol. The van der Waals surface area contributed by atoms with Crippen LogP contribution in [0, 0.1) is 6.92 Å². The number of aryl methyl sites for hydroxylation is 1. The fraction of sp³-hybridized carbons (Fsp3) is 0.391. The Morgan fingerprint density at radius 2 is 1.70 bits per heavy atom. The Bertz CT molecular complexity index is 743. The summed E-state index contributed by atoms with van der Waals surface area (Å²) >= 11 is 0. The maximum absolute atomic E-state index is 13.1. The van der Waals surface area contributed by atoms with Crippen molar-refractivity contribution < 1.29 is 9.59 Å². The number of nitrogens with one attached hydrogen (secondary N) is 1. The monoisotopic (exact) mass is 366 g/mol. The quantitative estimate of drug-likeness (QED) is 0.732. The largest absolute Gasteiger partial charge is 0.354 e. The minimum atomic E-state index is -0.465. The van der Waals surface area contributed by atoms with E-state index in [4.69, 9.17) is 0 Å². The maximum atomic E-state index is 13.1. The molecular formula is C23H30N2O2.